The van der Waals surface area contributed by atoms with Gasteiger partial charge in [-0.3, -0.25) is 9.59 Å². The normalized spacial score (nSPS) is 36.1. The van der Waals surface area contributed by atoms with Crippen LogP contribution in [0.4, 0.5) is 5.69 Å². The second-order valence-electron chi connectivity index (χ2n) is 5.81. The van der Waals surface area contributed by atoms with E-state index in [4.69, 9.17) is 0 Å². The topological polar surface area (TPSA) is 64.3 Å². The number of carbonyl (C=O) groups excluding carboxylic acids is 2. The molecule has 1 aromatic rings. The maximum atomic E-state index is 12.5. The van der Waals surface area contributed by atoms with Crippen molar-refractivity contribution >= 4 is 17.5 Å². The van der Waals surface area contributed by atoms with E-state index in [1.54, 1.807) is 0 Å². The largest absolute Gasteiger partial charge is 0.619 e. The van der Waals surface area contributed by atoms with Crippen LogP contribution in [-0.4, -0.2) is 11.8 Å². The second kappa shape index (κ2) is 3.56. The number of anilines is 1. The van der Waals surface area contributed by atoms with Crippen LogP contribution in [0.5, 0.6) is 0 Å². The highest BCUT2D eigenvalue weighted by atomic mass is 16.5. The van der Waals surface area contributed by atoms with Crippen molar-refractivity contribution in [3.63, 3.8) is 0 Å². The fourth-order valence-electron chi connectivity index (χ4n) is 4.22. The minimum absolute atomic E-state index is 0.0640. The second-order valence-corrected chi connectivity index (χ2v) is 5.81. The summed E-state index contributed by atoms with van der Waals surface area (Å²) < 4.78 is 0.652. The molecule has 5 nitrogen and oxygen atoms in total. The van der Waals surface area contributed by atoms with Crippen LogP contribution in [0.1, 0.15) is 19.3 Å². The van der Waals surface area contributed by atoms with E-state index in [1.807, 2.05) is 0 Å². The Balaban J connectivity index is 1.73. The standard InChI is InChI=1S/C14H14N2O3/c17-13-11-8-1-2-9(7-8)12(11)14(18)16(13)10-3-5-15(19)6-4-10/h3-6,8-9,11-12H,1-2,7H2/t8-,9+,11-,12+. The molecule has 0 N–H and O–H groups in total. The molecule has 19 heavy (non-hydrogen) atoms. The molecule has 1 aliphatic heterocycles. The molecule has 3 fully saturated rings. The van der Waals surface area contributed by atoms with Gasteiger partial charge in [0.25, 0.3) is 0 Å². The van der Waals surface area contributed by atoms with E-state index in [2.05, 4.69) is 0 Å². The molecule has 2 heterocycles. The van der Waals surface area contributed by atoms with Crippen LogP contribution >= 0.6 is 0 Å². The van der Waals surface area contributed by atoms with Crippen molar-refractivity contribution in [3.8, 4) is 0 Å². The van der Waals surface area contributed by atoms with Crippen LogP contribution in [0.2, 0.25) is 0 Å². The molecule has 2 amide bonds. The van der Waals surface area contributed by atoms with Gasteiger partial charge in [-0.05, 0) is 31.1 Å². The van der Waals surface area contributed by atoms with Gasteiger partial charge in [0.2, 0.25) is 11.8 Å². The summed E-state index contributed by atoms with van der Waals surface area (Å²) in [6, 6.07) is 3.07. The van der Waals surface area contributed by atoms with Crippen molar-refractivity contribution in [1.82, 2.24) is 0 Å². The summed E-state index contributed by atoms with van der Waals surface area (Å²) >= 11 is 0. The van der Waals surface area contributed by atoms with Gasteiger partial charge in [-0.25, -0.2) is 4.90 Å². The van der Waals surface area contributed by atoms with E-state index >= 15 is 0 Å². The number of carbonyl (C=O) groups is 2. The predicted molar refractivity (Wildman–Crippen MR) is 65.7 cm³/mol. The first-order chi connectivity index (χ1) is 9.16. The van der Waals surface area contributed by atoms with E-state index in [9.17, 15) is 14.8 Å². The maximum Gasteiger partial charge on any atom is 0.237 e. The van der Waals surface area contributed by atoms with Crippen molar-refractivity contribution in [1.29, 1.82) is 0 Å². The van der Waals surface area contributed by atoms with E-state index < -0.39 is 0 Å². The zero-order valence-electron chi connectivity index (χ0n) is 10.4. The molecule has 98 valence electrons. The summed E-state index contributed by atoms with van der Waals surface area (Å²) in [6.07, 6.45) is 5.83. The summed E-state index contributed by atoms with van der Waals surface area (Å²) in [5.74, 6) is 0.447. The Bertz CT molecular complexity index is 541. The van der Waals surface area contributed by atoms with Crippen molar-refractivity contribution in [3.05, 3.63) is 29.7 Å². The average Bonchev–Trinajstić information content (AvgIpc) is 3.06. The van der Waals surface area contributed by atoms with Gasteiger partial charge in [-0.2, -0.15) is 4.73 Å². The minimum atomic E-state index is -0.106. The van der Waals surface area contributed by atoms with Crippen LogP contribution in [0.15, 0.2) is 24.5 Å². The van der Waals surface area contributed by atoms with Gasteiger partial charge in [0, 0.05) is 12.1 Å². The molecular weight excluding hydrogens is 244 g/mol. The molecule has 0 radical (unpaired) electrons. The Morgan fingerprint density at radius 2 is 1.58 bits per heavy atom. The van der Waals surface area contributed by atoms with Crippen LogP contribution in [0.3, 0.4) is 0 Å². The summed E-state index contributed by atoms with van der Waals surface area (Å²) in [4.78, 5) is 26.3. The number of hydrogen-bond donors (Lipinski definition) is 0. The van der Waals surface area contributed by atoms with E-state index in [-0.39, 0.29) is 23.7 Å². The Kier molecular flexibility index (Phi) is 2.05. The van der Waals surface area contributed by atoms with E-state index in [0.717, 1.165) is 19.3 Å². The van der Waals surface area contributed by atoms with Crippen LogP contribution in [0.25, 0.3) is 0 Å². The Hall–Kier alpha value is -1.91. The molecule has 4 atom stereocenters. The highest BCUT2D eigenvalue weighted by molar-refractivity contribution is 6.22. The molecule has 1 aromatic heterocycles. The highest BCUT2D eigenvalue weighted by Gasteiger charge is 2.61. The number of aromatic nitrogens is 1. The van der Waals surface area contributed by atoms with Crippen LogP contribution < -0.4 is 9.63 Å². The molecule has 1 saturated heterocycles. The first-order valence-corrected chi connectivity index (χ1v) is 6.73. The molecule has 3 aliphatic rings. The summed E-state index contributed by atoms with van der Waals surface area (Å²) in [5, 5.41) is 11.0. The maximum absolute atomic E-state index is 12.5. The summed E-state index contributed by atoms with van der Waals surface area (Å²) in [6.45, 7) is 0. The third kappa shape index (κ3) is 1.33. The molecule has 4 rings (SSSR count). The Labute approximate surface area is 110 Å². The third-order valence-electron chi connectivity index (χ3n) is 4.97. The number of rotatable bonds is 1. The Morgan fingerprint density at radius 3 is 2.11 bits per heavy atom. The first-order valence-electron chi connectivity index (χ1n) is 6.73. The smallest absolute Gasteiger partial charge is 0.237 e. The van der Waals surface area contributed by atoms with Gasteiger partial charge < -0.3 is 5.21 Å². The fraction of sp³-hybridized carbons (Fsp3) is 0.500. The van der Waals surface area contributed by atoms with Gasteiger partial charge >= 0.3 is 0 Å². The summed E-state index contributed by atoms with van der Waals surface area (Å²) in [7, 11) is 0. The zero-order valence-corrected chi connectivity index (χ0v) is 10.4. The number of fused-ring (bicyclic) bond motifs is 5. The number of amides is 2. The third-order valence-corrected chi connectivity index (χ3v) is 4.97. The molecule has 2 bridgehead atoms. The van der Waals surface area contributed by atoms with Gasteiger partial charge in [-0.15, -0.1) is 0 Å². The lowest BCUT2D eigenvalue weighted by Gasteiger charge is -2.19. The van der Waals surface area contributed by atoms with E-state index in [1.165, 1.54) is 29.4 Å². The van der Waals surface area contributed by atoms with E-state index in [0.29, 0.717) is 22.3 Å². The molecule has 5 heteroatoms. The lowest BCUT2D eigenvalue weighted by Crippen LogP contribution is -2.34. The van der Waals surface area contributed by atoms with Crippen molar-refractivity contribution in [2.24, 2.45) is 23.7 Å². The lowest BCUT2D eigenvalue weighted by molar-refractivity contribution is -0.605. The molecule has 0 aromatic carbocycles. The van der Waals surface area contributed by atoms with Gasteiger partial charge in [0.05, 0.1) is 17.5 Å². The molecular formula is C14H14N2O3. The molecule has 2 saturated carbocycles. The number of imide groups is 1. The van der Waals surface area contributed by atoms with Crippen LogP contribution in [0, 0.1) is 28.9 Å². The number of pyridine rings is 1. The summed E-state index contributed by atoms with van der Waals surface area (Å²) in [5.41, 5.74) is 0.524. The SMILES string of the molecule is O=C1[C@@H]2[C@@H]3CC[C@@H](C3)[C@@H]2C(=O)N1c1cc[n+]([O-])cc1. The Morgan fingerprint density at radius 1 is 1.05 bits per heavy atom. The predicted octanol–water partition coefficient (Wildman–Crippen LogP) is 0.856. The lowest BCUT2D eigenvalue weighted by atomic mass is 9.81. The molecule has 0 spiro atoms. The van der Waals surface area contributed by atoms with Crippen molar-refractivity contribution in [2.75, 3.05) is 4.90 Å². The fourth-order valence-corrected chi connectivity index (χ4v) is 4.22. The quantitative estimate of drug-likeness (QED) is 0.426. The van der Waals surface area contributed by atoms with Gasteiger partial charge in [0.1, 0.15) is 0 Å². The van der Waals surface area contributed by atoms with Crippen molar-refractivity contribution < 1.29 is 14.3 Å². The van der Waals surface area contributed by atoms with Crippen molar-refractivity contribution in [2.45, 2.75) is 19.3 Å². The first kappa shape index (κ1) is 11.0. The monoisotopic (exact) mass is 258 g/mol. The average molecular weight is 258 g/mol. The zero-order chi connectivity index (χ0) is 13.1. The number of nitrogens with zero attached hydrogens (tertiary/aromatic N) is 2. The van der Waals surface area contributed by atoms with Gasteiger partial charge in [0.15, 0.2) is 12.4 Å². The molecule has 0 unspecified atom stereocenters. The number of hydrogen-bond acceptors (Lipinski definition) is 3. The highest BCUT2D eigenvalue weighted by Crippen LogP contribution is 2.56. The minimum Gasteiger partial charge on any atom is -0.619 e. The van der Waals surface area contributed by atoms with Crippen LogP contribution in [-0.2, 0) is 9.59 Å². The molecule has 2 aliphatic carbocycles. The van der Waals surface area contributed by atoms with Gasteiger partial charge in [-0.1, -0.05) is 0 Å².